The van der Waals surface area contributed by atoms with Crippen LogP contribution in [-0.4, -0.2) is 42.3 Å². The molecule has 0 spiro atoms. The number of benzene rings is 2. The van der Waals surface area contributed by atoms with Gasteiger partial charge >= 0.3 is 0 Å². The Morgan fingerprint density at radius 2 is 2.07 bits per heavy atom. The van der Waals surface area contributed by atoms with Crippen molar-refractivity contribution in [3.8, 4) is 11.5 Å². The van der Waals surface area contributed by atoms with Crippen molar-refractivity contribution in [2.24, 2.45) is 4.99 Å². The molecule has 0 saturated carbocycles. The SMILES string of the molecule is CCC(=O)N=C1S[C@@H]2CS(=O)(=O)C[C@@H]2N1c1cc(Cl)ccc1Oc1cccc(C)c1. The van der Waals surface area contributed by atoms with Gasteiger partial charge in [-0.1, -0.05) is 42.4 Å². The molecule has 6 nitrogen and oxygen atoms in total. The Balaban J connectivity index is 1.80. The van der Waals surface area contributed by atoms with Gasteiger partial charge < -0.3 is 9.64 Å². The molecule has 2 heterocycles. The summed E-state index contributed by atoms with van der Waals surface area (Å²) in [5.41, 5.74) is 1.65. The second-order valence-corrected chi connectivity index (χ2v) is 11.1. The van der Waals surface area contributed by atoms with E-state index in [-0.39, 0.29) is 35.1 Å². The lowest BCUT2D eigenvalue weighted by molar-refractivity contribution is -0.117. The highest BCUT2D eigenvalue weighted by atomic mass is 35.5. The molecule has 2 aromatic rings. The number of aliphatic imine (C=N–C) groups is 1. The maximum atomic E-state index is 12.3. The normalized spacial score (nSPS) is 23.6. The minimum Gasteiger partial charge on any atom is -0.455 e. The lowest BCUT2D eigenvalue weighted by Gasteiger charge is -2.26. The molecular formula is C21H21ClN2O4S2. The van der Waals surface area contributed by atoms with Crippen molar-refractivity contribution in [2.75, 3.05) is 16.4 Å². The van der Waals surface area contributed by atoms with Gasteiger partial charge in [-0.05, 0) is 42.8 Å². The summed E-state index contributed by atoms with van der Waals surface area (Å²) in [6.07, 6.45) is 0.272. The van der Waals surface area contributed by atoms with Crippen LogP contribution in [0.1, 0.15) is 18.9 Å². The summed E-state index contributed by atoms with van der Waals surface area (Å²) in [4.78, 5) is 18.1. The fourth-order valence-electron chi connectivity index (χ4n) is 3.60. The number of carbonyl (C=O) groups excluding carboxylic acids is 1. The van der Waals surface area contributed by atoms with E-state index in [4.69, 9.17) is 16.3 Å². The van der Waals surface area contributed by atoms with E-state index in [1.54, 1.807) is 25.1 Å². The van der Waals surface area contributed by atoms with Gasteiger partial charge in [0.25, 0.3) is 0 Å². The van der Waals surface area contributed by atoms with Crippen LogP contribution in [0, 0.1) is 6.92 Å². The van der Waals surface area contributed by atoms with Crippen molar-refractivity contribution in [3.05, 3.63) is 53.1 Å². The molecule has 2 fully saturated rings. The van der Waals surface area contributed by atoms with Crippen molar-refractivity contribution in [1.82, 2.24) is 0 Å². The van der Waals surface area contributed by atoms with Crippen LogP contribution in [0.2, 0.25) is 5.02 Å². The van der Waals surface area contributed by atoms with Gasteiger partial charge in [0, 0.05) is 16.7 Å². The van der Waals surface area contributed by atoms with E-state index in [1.165, 1.54) is 11.8 Å². The van der Waals surface area contributed by atoms with Gasteiger partial charge in [0.2, 0.25) is 5.91 Å². The first-order valence-electron chi connectivity index (χ1n) is 9.57. The van der Waals surface area contributed by atoms with Gasteiger partial charge in [-0.2, -0.15) is 4.99 Å². The second kappa shape index (κ2) is 8.24. The molecule has 0 radical (unpaired) electrons. The summed E-state index contributed by atoms with van der Waals surface area (Å²) in [6.45, 7) is 3.72. The lowest BCUT2D eigenvalue weighted by Crippen LogP contribution is -2.38. The van der Waals surface area contributed by atoms with E-state index in [2.05, 4.69) is 4.99 Å². The molecule has 158 valence electrons. The molecule has 0 bridgehead atoms. The summed E-state index contributed by atoms with van der Waals surface area (Å²) >= 11 is 7.62. The van der Waals surface area contributed by atoms with Gasteiger partial charge in [0.15, 0.2) is 20.8 Å². The highest BCUT2D eigenvalue weighted by molar-refractivity contribution is 8.16. The standard InChI is InChI=1S/C21H21ClN2O4S2/c1-3-20(25)23-21-24(17-11-30(26,27)12-19(17)29-21)16-10-14(22)7-8-18(16)28-15-6-4-5-13(2)9-15/h4-10,17,19H,3,11-12H2,1-2H3/t17-,19+/m0/s1. The van der Waals surface area contributed by atoms with Crippen molar-refractivity contribution >= 4 is 50.0 Å². The van der Waals surface area contributed by atoms with Crippen LogP contribution < -0.4 is 9.64 Å². The van der Waals surface area contributed by atoms with Gasteiger partial charge in [-0.3, -0.25) is 4.79 Å². The van der Waals surface area contributed by atoms with E-state index in [0.717, 1.165) is 5.56 Å². The van der Waals surface area contributed by atoms with Crippen LogP contribution in [0.5, 0.6) is 11.5 Å². The zero-order valence-electron chi connectivity index (χ0n) is 16.5. The summed E-state index contributed by atoms with van der Waals surface area (Å²) in [6, 6.07) is 12.5. The number of amidine groups is 1. The number of amides is 1. The fourth-order valence-corrected chi connectivity index (χ4v) is 7.69. The van der Waals surface area contributed by atoms with Crippen molar-refractivity contribution in [1.29, 1.82) is 0 Å². The molecule has 2 aliphatic heterocycles. The van der Waals surface area contributed by atoms with Crippen molar-refractivity contribution in [2.45, 2.75) is 31.6 Å². The summed E-state index contributed by atoms with van der Waals surface area (Å²) in [7, 11) is -3.17. The van der Waals surface area contributed by atoms with E-state index in [1.807, 2.05) is 36.1 Å². The maximum absolute atomic E-state index is 12.3. The smallest absolute Gasteiger partial charge is 0.247 e. The number of anilines is 1. The van der Waals surface area contributed by atoms with Crippen LogP contribution in [-0.2, 0) is 14.6 Å². The number of thioether (sulfide) groups is 1. The molecule has 2 saturated heterocycles. The number of fused-ring (bicyclic) bond motifs is 1. The highest BCUT2D eigenvalue weighted by Gasteiger charge is 2.50. The molecule has 0 unspecified atom stereocenters. The summed E-state index contributed by atoms with van der Waals surface area (Å²) < 4.78 is 30.7. The number of halogens is 1. The molecular weight excluding hydrogens is 444 g/mol. The quantitative estimate of drug-likeness (QED) is 0.665. The number of nitrogens with zero attached hydrogens (tertiary/aromatic N) is 2. The van der Waals surface area contributed by atoms with E-state index in [9.17, 15) is 13.2 Å². The zero-order valence-corrected chi connectivity index (χ0v) is 18.9. The Bertz CT molecular complexity index is 1130. The predicted molar refractivity (Wildman–Crippen MR) is 122 cm³/mol. The molecule has 9 heteroatoms. The molecule has 0 aromatic heterocycles. The Hall–Kier alpha value is -2.03. The van der Waals surface area contributed by atoms with Crippen LogP contribution in [0.15, 0.2) is 47.5 Å². The zero-order chi connectivity index (χ0) is 21.5. The summed E-state index contributed by atoms with van der Waals surface area (Å²) in [5.74, 6) is 0.984. The van der Waals surface area contributed by atoms with Crippen LogP contribution in [0.25, 0.3) is 0 Å². The number of aryl methyl sites for hydroxylation is 1. The van der Waals surface area contributed by atoms with E-state index < -0.39 is 9.84 Å². The number of hydrogen-bond donors (Lipinski definition) is 0. The maximum Gasteiger partial charge on any atom is 0.247 e. The lowest BCUT2D eigenvalue weighted by atomic mass is 10.2. The molecule has 0 N–H and O–H groups in total. The van der Waals surface area contributed by atoms with Gasteiger partial charge in [0.1, 0.15) is 5.75 Å². The molecule has 2 aromatic carbocycles. The van der Waals surface area contributed by atoms with Crippen molar-refractivity contribution < 1.29 is 17.9 Å². The third-order valence-electron chi connectivity index (χ3n) is 4.99. The topological polar surface area (TPSA) is 76.0 Å². The molecule has 0 aliphatic carbocycles. The second-order valence-electron chi connectivity index (χ2n) is 7.34. The van der Waals surface area contributed by atoms with Crippen LogP contribution in [0.4, 0.5) is 5.69 Å². The monoisotopic (exact) mass is 464 g/mol. The van der Waals surface area contributed by atoms with Gasteiger partial charge in [0.05, 0.1) is 23.2 Å². The average Bonchev–Trinajstić information content (AvgIpc) is 3.14. The van der Waals surface area contributed by atoms with Crippen LogP contribution in [0.3, 0.4) is 0 Å². The Kier molecular flexibility index (Phi) is 5.83. The number of ether oxygens (including phenoxy) is 1. The number of sulfone groups is 1. The largest absolute Gasteiger partial charge is 0.455 e. The molecule has 30 heavy (non-hydrogen) atoms. The van der Waals surface area contributed by atoms with E-state index >= 15 is 0 Å². The Labute approximate surface area is 185 Å². The molecule has 1 amide bonds. The molecule has 4 rings (SSSR count). The first-order chi connectivity index (χ1) is 14.3. The molecule has 2 atom stereocenters. The third-order valence-corrected chi connectivity index (χ3v) is 8.43. The number of carbonyl (C=O) groups is 1. The first kappa shape index (κ1) is 21.2. The Morgan fingerprint density at radius 1 is 1.27 bits per heavy atom. The van der Waals surface area contributed by atoms with Crippen LogP contribution >= 0.6 is 23.4 Å². The molecule has 2 aliphatic rings. The summed E-state index contributed by atoms with van der Waals surface area (Å²) in [5, 5.41) is 0.782. The third kappa shape index (κ3) is 4.36. The van der Waals surface area contributed by atoms with Crippen molar-refractivity contribution in [3.63, 3.8) is 0 Å². The minimum absolute atomic E-state index is 0.000397. The first-order valence-corrected chi connectivity index (χ1v) is 12.7. The van der Waals surface area contributed by atoms with Gasteiger partial charge in [-0.15, -0.1) is 0 Å². The number of hydrogen-bond acceptors (Lipinski definition) is 5. The van der Waals surface area contributed by atoms with Gasteiger partial charge in [-0.25, -0.2) is 8.42 Å². The minimum atomic E-state index is -3.17. The fraction of sp³-hybridized carbons (Fsp3) is 0.333. The predicted octanol–water partition coefficient (Wildman–Crippen LogP) is 4.45. The Morgan fingerprint density at radius 3 is 2.80 bits per heavy atom. The number of rotatable bonds is 4. The van der Waals surface area contributed by atoms with E-state index in [0.29, 0.717) is 27.4 Å². The average molecular weight is 465 g/mol. The highest BCUT2D eigenvalue weighted by Crippen LogP contribution is 2.45.